The minimum atomic E-state index is -0.456. The minimum absolute atomic E-state index is 0.0703. The van der Waals surface area contributed by atoms with Crippen molar-refractivity contribution in [3.63, 3.8) is 0 Å². The number of amides is 1. The Morgan fingerprint density at radius 2 is 2.29 bits per heavy atom. The minimum Gasteiger partial charge on any atom is -0.484 e. The summed E-state index contributed by atoms with van der Waals surface area (Å²) < 4.78 is 5.30. The van der Waals surface area contributed by atoms with Gasteiger partial charge in [-0.05, 0) is 55.0 Å². The van der Waals surface area contributed by atoms with Crippen LogP contribution in [0.15, 0.2) is 18.2 Å². The molecule has 1 aromatic carbocycles. The Kier molecular flexibility index (Phi) is 3.64. The van der Waals surface area contributed by atoms with Crippen LogP contribution in [-0.4, -0.2) is 19.1 Å². The quantitative estimate of drug-likeness (QED) is 0.813. The maximum absolute atomic E-state index is 10.6. The lowest BCUT2D eigenvalue weighted by Gasteiger charge is -2.24. The highest BCUT2D eigenvalue weighted by molar-refractivity contribution is 5.75. The van der Waals surface area contributed by atoms with Crippen molar-refractivity contribution < 1.29 is 9.53 Å². The summed E-state index contributed by atoms with van der Waals surface area (Å²) in [5.41, 5.74) is 13.4. The van der Waals surface area contributed by atoms with Crippen molar-refractivity contribution in [3.8, 4) is 5.75 Å². The monoisotopic (exact) mass is 234 g/mol. The molecule has 0 radical (unpaired) electrons. The van der Waals surface area contributed by atoms with E-state index in [0.29, 0.717) is 18.2 Å². The molecule has 4 N–H and O–H groups in total. The number of fused-ring (bicyclic) bond motifs is 1. The van der Waals surface area contributed by atoms with E-state index in [9.17, 15) is 4.79 Å². The molecule has 0 aliphatic heterocycles. The Hall–Kier alpha value is -1.55. The van der Waals surface area contributed by atoms with E-state index in [1.165, 1.54) is 11.1 Å². The van der Waals surface area contributed by atoms with Gasteiger partial charge in [0.05, 0.1) is 0 Å². The summed E-state index contributed by atoms with van der Waals surface area (Å²) in [6, 6.07) is 5.94. The molecule has 4 heteroatoms. The van der Waals surface area contributed by atoms with Crippen LogP contribution in [0.25, 0.3) is 0 Å². The summed E-state index contributed by atoms with van der Waals surface area (Å²) in [5, 5.41) is 0. The second-order valence-corrected chi connectivity index (χ2v) is 4.44. The van der Waals surface area contributed by atoms with Crippen LogP contribution < -0.4 is 16.2 Å². The molecular weight excluding hydrogens is 216 g/mol. The average Bonchev–Trinajstić information content (AvgIpc) is 2.35. The Balaban J connectivity index is 2.16. The molecule has 0 aromatic heterocycles. The van der Waals surface area contributed by atoms with Crippen LogP contribution in [0.4, 0.5) is 0 Å². The maximum Gasteiger partial charge on any atom is 0.255 e. The van der Waals surface area contributed by atoms with Crippen molar-refractivity contribution in [1.82, 2.24) is 0 Å². The lowest BCUT2D eigenvalue weighted by Crippen LogP contribution is -2.21. The number of nitrogens with two attached hydrogens (primary N) is 2. The predicted molar refractivity (Wildman–Crippen MR) is 65.9 cm³/mol. The Labute approximate surface area is 101 Å². The third kappa shape index (κ3) is 2.77. The second kappa shape index (κ2) is 5.19. The summed E-state index contributed by atoms with van der Waals surface area (Å²) in [7, 11) is 0. The summed E-state index contributed by atoms with van der Waals surface area (Å²) in [6.45, 7) is 0.619. The van der Waals surface area contributed by atoms with E-state index in [2.05, 4.69) is 6.07 Å². The number of hydrogen-bond acceptors (Lipinski definition) is 3. The first-order valence-electron chi connectivity index (χ1n) is 5.94. The lowest BCUT2D eigenvalue weighted by molar-refractivity contribution is -0.119. The van der Waals surface area contributed by atoms with Gasteiger partial charge in [0, 0.05) is 0 Å². The van der Waals surface area contributed by atoms with Crippen molar-refractivity contribution in [2.24, 2.45) is 11.5 Å². The van der Waals surface area contributed by atoms with E-state index in [-0.39, 0.29) is 6.61 Å². The van der Waals surface area contributed by atoms with Gasteiger partial charge in [0.1, 0.15) is 5.75 Å². The molecule has 1 aromatic rings. The van der Waals surface area contributed by atoms with E-state index >= 15 is 0 Å². The van der Waals surface area contributed by atoms with E-state index in [0.717, 1.165) is 19.3 Å². The molecule has 1 atom stereocenters. The van der Waals surface area contributed by atoms with Gasteiger partial charge in [-0.1, -0.05) is 6.07 Å². The van der Waals surface area contributed by atoms with Crippen LogP contribution in [0.3, 0.4) is 0 Å². The Morgan fingerprint density at radius 3 is 3.00 bits per heavy atom. The first kappa shape index (κ1) is 11.9. The van der Waals surface area contributed by atoms with Gasteiger partial charge in [0.2, 0.25) is 0 Å². The molecule has 0 saturated carbocycles. The number of hydrogen-bond donors (Lipinski definition) is 2. The van der Waals surface area contributed by atoms with Crippen LogP contribution in [0, 0.1) is 0 Å². The highest BCUT2D eigenvalue weighted by Crippen LogP contribution is 2.32. The molecule has 0 fully saturated rings. The molecule has 1 unspecified atom stereocenters. The lowest BCUT2D eigenvalue weighted by atomic mass is 9.83. The average molecular weight is 234 g/mol. The van der Waals surface area contributed by atoms with Crippen molar-refractivity contribution in [2.75, 3.05) is 13.2 Å². The Morgan fingerprint density at radius 1 is 1.47 bits per heavy atom. The smallest absolute Gasteiger partial charge is 0.255 e. The maximum atomic E-state index is 10.6. The number of rotatable bonds is 4. The summed E-state index contributed by atoms with van der Waals surface area (Å²) in [4.78, 5) is 10.6. The number of carbonyl (C=O) groups is 1. The van der Waals surface area contributed by atoms with Crippen LogP contribution in [0.5, 0.6) is 5.75 Å². The van der Waals surface area contributed by atoms with Gasteiger partial charge < -0.3 is 16.2 Å². The van der Waals surface area contributed by atoms with Crippen molar-refractivity contribution in [3.05, 3.63) is 29.3 Å². The van der Waals surface area contributed by atoms with Gasteiger partial charge in [-0.25, -0.2) is 0 Å². The van der Waals surface area contributed by atoms with Crippen molar-refractivity contribution >= 4 is 5.91 Å². The Bertz CT molecular complexity index is 418. The van der Waals surface area contributed by atoms with Gasteiger partial charge in [-0.15, -0.1) is 0 Å². The third-order valence-electron chi connectivity index (χ3n) is 3.22. The molecule has 2 rings (SSSR count). The van der Waals surface area contributed by atoms with E-state index in [4.69, 9.17) is 16.2 Å². The van der Waals surface area contributed by atoms with Gasteiger partial charge in [-0.3, -0.25) is 4.79 Å². The van der Waals surface area contributed by atoms with E-state index < -0.39 is 5.91 Å². The van der Waals surface area contributed by atoms with Crippen LogP contribution >= 0.6 is 0 Å². The van der Waals surface area contributed by atoms with Crippen LogP contribution in [0.1, 0.15) is 29.9 Å². The third-order valence-corrected chi connectivity index (χ3v) is 3.22. The van der Waals surface area contributed by atoms with Crippen LogP contribution in [-0.2, 0) is 11.2 Å². The molecule has 0 bridgehead atoms. The first-order valence-corrected chi connectivity index (χ1v) is 5.94. The largest absolute Gasteiger partial charge is 0.484 e. The molecule has 1 aliphatic rings. The number of aryl methyl sites for hydroxylation is 1. The highest BCUT2D eigenvalue weighted by atomic mass is 16.5. The van der Waals surface area contributed by atoms with E-state index in [1.807, 2.05) is 12.1 Å². The fourth-order valence-corrected chi connectivity index (χ4v) is 2.38. The topological polar surface area (TPSA) is 78.3 Å². The first-order chi connectivity index (χ1) is 8.20. The summed E-state index contributed by atoms with van der Waals surface area (Å²) in [6.07, 6.45) is 3.37. The number of benzene rings is 1. The molecular formula is C13H18N2O2. The zero-order valence-electron chi connectivity index (χ0n) is 9.82. The number of ether oxygens (including phenoxy) is 1. The summed E-state index contributed by atoms with van der Waals surface area (Å²) >= 11 is 0. The molecule has 17 heavy (non-hydrogen) atoms. The molecule has 1 aliphatic carbocycles. The van der Waals surface area contributed by atoms with Gasteiger partial charge in [-0.2, -0.15) is 0 Å². The SMILES string of the molecule is NCC1CCCc2cc(OCC(N)=O)ccc21. The zero-order chi connectivity index (χ0) is 12.3. The standard InChI is InChI=1S/C13H18N2O2/c14-7-10-3-1-2-9-6-11(4-5-12(9)10)17-8-13(15)16/h4-6,10H,1-3,7-8,14H2,(H2,15,16). The zero-order valence-corrected chi connectivity index (χ0v) is 9.82. The molecule has 0 spiro atoms. The fraction of sp³-hybridized carbons (Fsp3) is 0.462. The molecule has 1 amide bonds. The molecule has 92 valence electrons. The number of primary amides is 1. The van der Waals surface area contributed by atoms with Crippen molar-refractivity contribution in [2.45, 2.75) is 25.2 Å². The number of carbonyl (C=O) groups excluding carboxylic acids is 1. The van der Waals surface area contributed by atoms with Crippen LogP contribution in [0.2, 0.25) is 0 Å². The highest BCUT2D eigenvalue weighted by Gasteiger charge is 2.19. The molecule has 4 nitrogen and oxygen atoms in total. The van der Waals surface area contributed by atoms with E-state index in [1.54, 1.807) is 0 Å². The van der Waals surface area contributed by atoms with Crippen molar-refractivity contribution in [1.29, 1.82) is 0 Å². The fourth-order valence-electron chi connectivity index (χ4n) is 2.38. The molecule has 0 saturated heterocycles. The van der Waals surface area contributed by atoms with Gasteiger partial charge in [0.15, 0.2) is 6.61 Å². The molecule has 0 heterocycles. The predicted octanol–water partition coefficient (Wildman–Crippen LogP) is 0.929. The van der Waals surface area contributed by atoms with Gasteiger partial charge >= 0.3 is 0 Å². The van der Waals surface area contributed by atoms with Gasteiger partial charge in [0.25, 0.3) is 5.91 Å². The normalized spacial score (nSPS) is 18.5. The summed E-state index contributed by atoms with van der Waals surface area (Å²) in [5.74, 6) is 0.715. The second-order valence-electron chi connectivity index (χ2n) is 4.44.